The molecule has 0 aliphatic carbocycles. The van der Waals surface area contributed by atoms with Crippen LogP contribution in [0.15, 0.2) is 27.9 Å². The molecule has 144 valence electrons. The number of thiazole rings is 1. The zero-order valence-corrected chi connectivity index (χ0v) is 16.8. The second kappa shape index (κ2) is 6.57. The topological polar surface area (TPSA) is 104 Å². The number of hydrogen-bond acceptors (Lipinski definition) is 6. The van der Waals surface area contributed by atoms with Crippen molar-refractivity contribution in [2.75, 3.05) is 5.32 Å². The third-order valence-corrected chi connectivity index (χ3v) is 5.81. The van der Waals surface area contributed by atoms with Gasteiger partial charge in [0.1, 0.15) is 6.54 Å². The summed E-state index contributed by atoms with van der Waals surface area (Å²) in [6, 6.07) is 3.67. The fraction of sp³-hybridized carbons (Fsp3) is 0.235. The lowest BCUT2D eigenvalue weighted by Gasteiger charge is -2.06. The number of amides is 1. The van der Waals surface area contributed by atoms with E-state index < -0.39 is 11.2 Å². The van der Waals surface area contributed by atoms with E-state index in [0.29, 0.717) is 21.2 Å². The molecule has 1 amide bonds. The minimum Gasteiger partial charge on any atom is -0.300 e. The van der Waals surface area contributed by atoms with Crippen LogP contribution in [0.1, 0.15) is 5.56 Å². The van der Waals surface area contributed by atoms with Gasteiger partial charge in [0.05, 0.1) is 21.9 Å². The molecular weight excluding hydrogens is 404 g/mol. The maximum Gasteiger partial charge on any atom is 0.331 e. The van der Waals surface area contributed by atoms with Gasteiger partial charge in [-0.25, -0.2) is 14.5 Å². The van der Waals surface area contributed by atoms with E-state index in [1.807, 2.05) is 13.0 Å². The van der Waals surface area contributed by atoms with Gasteiger partial charge in [0, 0.05) is 19.1 Å². The Kier molecular flexibility index (Phi) is 4.31. The molecule has 3 heterocycles. The number of halogens is 1. The predicted molar refractivity (Wildman–Crippen MR) is 108 cm³/mol. The normalized spacial score (nSPS) is 11.4. The van der Waals surface area contributed by atoms with E-state index in [4.69, 9.17) is 11.6 Å². The lowest BCUT2D eigenvalue weighted by Crippen LogP contribution is -2.37. The van der Waals surface area contributed by atoms with Gasteiger partial charge >= 0.3 is 5.69 Å². The molecule has 4 rings (SSSR count). The van der Waals surface area contributed by atoms with E-state index in [9.17, 15) is 14.4 Å². The molecule has 28 heavy (non-hydrogen) atoms. The van der Waals surface area contributed by atoms with Crippen molar-refractivity contribution in [2.45, 2.75) is 13.5 Å². The molecule has 0 saturated heterocycles. The fourth-order valence-electron chi connectivity index (χ4n) is 2.93. The number of nitrogens with zero attached hydrogens (tertiary/aromatic N) is 5. The number of carbonyl (C=O) groups excluding carboxylic acids is 1. The van der Waals surface area contributed by atoms with E-state index in [1.165, 1.54) is 33.8 Å². The van der Waals surface area contributed by atoms with Crippen molar-refractivity contribution in [1.82, 2.24) is 23.9 Å². The molecule has 3 aromatic heterocycles. The number of aryl methyl sites for hydroxylation is 2. The molecule has 0 saturated carbocycles. The van der Waals surface area contributed by atoms with Crippen LogP contribution >= 0.6 is 22.9 Å². The lowest BCUT2D eigenvalue weighted by molar-refractivity contribution is -0.116. The fourth-order valence-corrected chi connectivity index (χ4v) is 4.05. The first-order chi connectivity index (χ1) is 13.3. The van der Waals surface area contributed by atoms with Crippen LogP contribution in [0.25, 0.3) is 21.3 Å². The van der Waals surface area contributed by atoms with Crippen LogP contribution in [0.2, 0.25) is 5.02 Å². The Bertz CT molecular complexity index is 1340. The van der Waals surface area contributed by atoms with Gasteiger partial charge in [-0.2, -0.15) is 5.10 Å². The van der Waals surface area contributed by atoms with Crippen molar-refractivity contribution in [3.8, 4) is 0 Å². The van der Waals surface area contributed by atoms with E-state index >= 15 is 0 Å². The average Bonchev–Trinajstić information content (AvgIpc) is 3.22. The van der Waals surface area contributed by atoms with E-state index in [0.717, 1.165) is 14.8 Å². The van der Waals surface area contributed by atoms with Crippen molar-refractivity contribution < 1.29 is 4.79 Å². The van der Waals surface area contributed by atoms with Gasteiger partial charge in [-0.3, -0.25) is 18.7 Å². The minimum absolute atomic E-state index is 0.187. The molecular formula is C17H15ClN6O3S. The second-order valence-corrected chi connectivity index (χ2v) is 7.82. The summed E-state index contributed by atoms with van der Waals surface area (Å²) in [5, 5.41) is 7.86. The van der Waals surface area contributed by atoms with Gasteiger partial charge in [-0.05, 0) is 24.6 Å². The van der Waals surface area contributed by atoms with Gasteiger partial charge in [0.2, 0.25) is 5.91 Å². The molecule has 1 N–H and O–H groups in total. The van der Waals surface area contributed by atoms with E-state index in [2.05, 4.69) is 15.4 Å². The highest BCUT2D eigenvalue weighted by Gasteiger charge is 2.17. The molecule has 0 radical (unpaired) electrons. The molecule has 0 spiro atoms. The van der Waals surface area contributed by atoms with Crippen LogP contribution in [-0.4, -0.2) is 29.8 Å². The van der Waals surface area contributed by atoms with Crippen LogP contribution in [-0.2, 0) is 25.4 Å². The van der Waals surface area contributed by atoms with Gasteiger partial charge in [-0.15, -0.1) is 0 Å². The Morgan fingerprint density at radius 2 is 2.00 bits per heavy atom. The number of benzene rings is 1. The van der Waals surface area contributed by atoms with Gasteiger partial charge < -0.3 is 5.32 Å². The standard InChI is InChI=1S/C17H15ClN6O3S/c1-8-4-12-10(5-9(8)18)20-16(28-12)21-13(25)7-24-14-11(6-19-24)22(2)17(27)23(3)15(14)26/h4-6H,7H2,1-3H3,(H,20,21,25). The van der Waals surface area contributed by atoms with Crippen LogP contribution in [0, 0.1) is 6.92 Å². The number of rotatable bonds is 3. The number of carbonyl (C=O) groups is 1. The van der Waals surface area contributed by atoms with Crippen molar-refractivity contribution in [3.05, 3.63) is 49.8 Å². The largest absolute Gasteiger partial charge is 0.331 e. The van der Waals surface area contributed by atoms with Crippen LogP contribution in [0.3, 0.4) is 0 Å². The highest BCUT2D eigenvalue weighted by Crippen LogP contribution is 2.30. The van der Waals surface area contributed by atoms with Crippen LogP contribution in [0.5, 0.6) is 0 Å². The van der Waals surface area contributed by atoms with Crippen LogP contribution in [0.4, 0.5) is 5.13 Å². The summed E-state index contributed by atoms with van der Waals surface area (Å²) < 4.78 is 4.49. The first kappa shape index (κ1) is 18.4. The highest BCUT2D eigenvalue weighted by atomic mass is 35.5. The summed E-state index contributed by atoms with van der Waals surface area (Å²) in [6.07, 6.45) is 1.40. The molecule has 1 aromatic carbocycles. The van der Waals surface area contributed by atoms with Gasteiger partial charge in [0.25, 0.3) is 5.56 Å². The summed E-state index contributed by atoms with van der Waals surface area (Å²) in [5.41, 5.74) is 1.22. The number of hydrogen-bond donors (Lipinski definition) is 1. The molecule has 0 bridgehead atoms. The smallest absolute Gasteiger partial charge is 0.300 e. The molecule has 0 aliphatic rings. The average molecular weight is 419 g/mol. The van der Waals surface area contributed by atoms with Crippen molar-refractivity contribution >= 4 is 55.2 Å². The van der Waals surface area contributed by atoms with Crippen molar-refractivity contribution in [2.24, 2.45) is 14.1 Å². The molecule has 9 nitrogen and oxygen atoms in total. The zero-order valence-electron chi connectivity index (χ0n) is 15.2. The second-order valence-electron chi connectivity index (χ2n) is 6.38. The van der Waals surface area contributed by atoms with Gasteiger partial charge in [-0.1, -0.05) is 22.9 Å². The molecule has 11 heteroatoms. The molecule has 0 unspecified atom stereocenters. The number of fused-ring (bicyclic) bond motifs is 2. The Balaban J connectivity index is 1.64. The Hall–Kier alpha value is -2.98. The number of anilines is 1. The summed E-state index contributed by atoms with van der Waals surface area (Å²) >= 11 is 7.45. The minimum atomic E-state index is -0.506. The molecule has 0 aliphatic heterocycles. The predicted octanol–water partition coefficient (Wildman–Crippen LogP) is 1.64. The summed E-state index contributed by atoms with van der Waals surface area (Å²) in [6.45, 7) is 1.71. The van der Waals surface area contributed by atoms with Gasteiger partial charge in [0.15, 0.2) is 10.6 Å². The van der Waals surface area contributed by atoms with E-state index in [1.54, 1.807) is 13.1 Å². The first-order valence-electron chi connectivity index (χ1n) is 8.24. The first-order valence-corrected chi connectivity index (χ1v) is 9.44. The molecule has 0 atom stereocenters. The Morgan fingerprint density at radius 3 is 2.75 bits per heavy atom. The number of aromatic nitrogens is 5. The third-order valence-electron chi connectivity index (χ3n) is 4.47. The zero-order chi connectivity index (χ0) is 20.2. The Morgan fingerprint density at radius 1 is 1.25 bits per heavy atom. The molecule has 0 fully saturated rings. The maximum absolute atomic E-state index is 12.5. The lowest BCUT2D eigenvalue weighted by atomic mass is 10.2. The quantitative estimate of drug-likeness (QED) is 0.544. The summed E-state index contributed by atoms with van der Waals surface area (Å²) in [7, 11) is 2.93. The van der Waals surface area contributed by atoms with Crippen molar-refractivity contribution in [1.29, 1.82) is 0 Å². The third kappa shape index (κ3) is 2.90. The SMILES string of the molecule is Cc1cc2sc(NC(=O)Cn3ncc4c3c(=O)n(C)c(=O)n4C)nc2cc1Cl. The van der Waals surface area contributed by atoms with Crippen LogP contribution < -0.4 is 16.6 Å². The van der Waals surface area contributed by atoms with E-state index in [-0.39, 0.29) is 18.0 Å². The monoisotopic (exact) mass is 418 g/mol. The molecule has 4 aromatic rings. The Labute approximate surface area is 166 Å². The van der Waals surface area contributed by atoms with Crippen molar-refractivity contribution in [3.63, 3.8) is 0 Å². The maximum atomic E-state index is 12.5. The highest BCUT2D eigenvalue weighted by molar-refractivity contribution is 7.22. The number of nitrogens with one attached hydrogen (secondary N) is 1. The summed E-state index contributed by atoms with van der Waals surface area (Å²) in [5.74, 6) is -0.386. The summed E-state index contributed by atoms with van der Waals surface area (Å²) in [4.78, 5) is 41.3.